The van der Waals surface area contributed by atoms with Crippen LogP contribution in [0.15, 0.2) is 48.1 Å². The van der Waals surface area contributed by atoms with Crippen molar-refractivity contribution in [3.63, 3.8) is 0 Å². The summed E-state index contributed by atoms with van der Waals surface area (Å²) in [7, 11) is 0. The molecule has 0 aliphatic heterocycles. The summed E-state index contributed by atoms with van der Waals surface area (Å²) < 4.78 is 5.38. The molecule has 0 aromatic heterocycles. The minimum absolute atomic E-state index is 0.00974. The van der Waals surface area contributed by atoms with Gasteiger partial charge in [-0.2, -0.15) is 0 Å². The number of carbonyl (C=O) groups excluding carboxylic acids is 1. The van der Waals surface area contributed by atoms with Gasteiger partial charge in [-0.1, -0.05) is 78.5 Å². The van der Waals surface area contributed by atoms with Crippen LogP contribution in [-0.2, 0) is 14.9 Å². The van der Waals surface area contributed by atoms with E-state index in [0.29, 0.717) is 6.61 Å². The highest BCUT2D eigenvalue weighted by molar-refractivity contribution is 5.89. The minimum Gasteiger partial charge on any atom is -0.465 e. The maximum atomic E-state index is 11.4. The van der Waals surface area contributed by atoms with Gasteiger partial charge in [-0.05, 0) is 51.2 Å². The number of ether oxygens (including phenoxy) is 1. The molecule has 0 fully saturated rings. The maximum absolute atomic E-state index is 11.4. The molecule has 0 spiro atoms. The van der Waals surface area contributed by atoms with Crippen LogP contribution in [0.2, 0.25) is 0 Å². The average molecular weight is 367 g/mol. The second-order valence-corrected chi connectivity index (χ2v) is 9.48. The molecule has 1 aromatic rings. The predicted octanol–water partition coefficient (Wildman–Crippen LogP) is 6.58. The lowest BCUT2D eigenvalue weighted by atomic mass is 9.83. The molecule has 0 amide bonds. The first-order valence-corrected chi connectivity index (χ1v) is 9.72. The van der Waals surface area contributed by atoms with E-state index < -0.39 is 0 Å². The van der Waals surface area contributed by atoms with Gasteiger partial charge in [-0.25, -0.2) is 0 Å². The van der Waals surface area contributed by atoms with E-state index in [0.717, 1.165) is 11.1 Å². The molecule has 146 valence electrons. The van der Waals surface area contributed by atoms with E-state index in [1.807, 2.05) is 0 Å². The van der Waals surface area contributed by atoms with Gasteiger partial charge in [0.15, 0.2) is 0 Å². The lowest BCUT2D eigenvalue weighted by Crippen LogP contribution is -2.13. The SMILES string of the molecule is C=C1/C(=C\C(=C/C)C(C)(C)C)c2ccc(C(C)(C)C)cc2C1COC(C)=O. The Hall–Kier alpha value is -2.09. The zero-order valence-electron chi connectivity index (χ0n) is 18.2. The first kappa shape index (κ1) is 21.2. The first-order valence-electron chi connectivity index (χ1n) is 9.72. The molecule has 2 heteroatoms. The number of rotatable bonds is 3. The Morgan fingerprint density at radius 1 is 1.19 bits per heavy atom. The monoisotopic (exact) mass is 366 g/mol. The normalized spacial score (nSPS) is 19.4. The van der Waals surface area contributed by atoms with Crippen LogP contribution in [0.4, 0.5) is 0 Å². The molecule has 1 unspecified atom stereocenters. The van der Waals surface area contributed by atoms with Crippen LogP contribution < -0.4 is 0 Å². The molecule has 1 aliphatic rings. The average Bonchev–Trinajstić information content (AvgIpc) is 2.79. The van der Waals surface area contributed by atoms with E-state index in [1.54, 1.807) is 0 Å². The minimum atomic E-state index is -0.252. The van der Waals surface area contributed by atoms with E-state index in [9.17, 15) is 4.79 Å². The summed E-state index contributed by atoms with van der Waals surface area (Å²) in [4.78, 5) is 11.4. The van der Waals surface area contributed by atoms with Gasteiger partial charge in [0.25, 0.3) is 0 Å². The zero-order valence-corrected chi connectivity index (χ0v) is 18.2. The van der Waals surface area contributed by atoms with Gasteiger partial charge >= 0.3 is 5.97 Å². The molecule has 1 aliphatic carbocycles. The van der Waals surface area contributed by atoms with Crippen LogP contribution in [0.5, 0.6) is 0 Å². The lowest BCUT2D eigenvalue weighted by molar-refractivity contribution is -0.141. The quantitative estimate of drug-likeness (QED) is 0.565. The van der Waals surface area contributed by atoms with Crippen molar-refractivity contribution >= 4 is 11.5 Å². The largest absolute Gasteiger partial charge is 0.465 e. The number of benzene rings is 1. The third-order valence-electron chi connectivity index (χ3n) is 5.28. The fourth-order valence-electron chi connectivity index (χ4n) is 3.56. The molecule has 0 saturated heterocycles. The summed E-state index contributed by atoms with van der Waals surface area (Å²) in [6, 6.07) is 6.68. The Labute approximate surface area is 165 Å². The summed E-state index contributed by atoms with van der Waals surface area (Å²) in [5.74, 6) is -0.242. The highest BCUT2D eigenvalue weighted by atomic mass is 16.5. The van der Waals surface area contributed by atoms with Crippen LogP contribution in [0, 0.1) is 5.41 Å². The number of esters is 1. The standard InChI is InChI=1S/C25H34O2/c1-10-18(24(4,5)6)13-21-16(2)23(15-27-17(3)26)22-14-19(25(7,8)9)11-12-20(21)22/h10-14,23H,2,15H2,1,3-9H3/b18-10+,21-13+. The van der Waals surface area contributed by atoms with Gasteiger partial charge < -0.3 is 4.74 Å². The van der Waals surface area contributed by atoms with Crippen LogP contribution in [0.3, 0.4) is 0 Å². The third-order valence-corrected chi connectivity index (χ3v) is 5.28. The zero-order chi connectivity index (χ0) is 20.6. The Morgan fingerprint density at radius 2 is 1.81 bits per heavy atom. The highest BCUT2D eigenvalue weighted by Gasteiger charge is 2.33. The molecule has 1 atom stereocenters. The molecule has 0 radical (unpaired) electrons. The van der Waals surface area contributed by atoms with E-state index in [1.165, 1.54) is 29.2 Å². The van der Waals surface area contributed by atoms with Gasteiger partial charge in [0.2, 0.25) is 0 Å². The molecule has 2 nitrogen and oxygen atoms in total. The molecular formula is C25H34O2. The van der Waals surface area contributed by atoms with Gasteiger partial charge in [-0.15, -0.1) is 0 Å². The Bertz CT molecular complexity index is 808. The van der Waals surface area contributed by atoms with Crippen LogP contribution >= 0.6 is 0 Å². The number of fused-ring (bicyclic) bond motifs is 1. The van der Waals surface area contributed by atoms with Gasteiger partial charge in [0.05, 0.1) is 0 Å². The van der Waals surface area contributed by atoms with Crippen LogP contribution in [0.25, 0.3) is 5.57 Å². The van der Waals surface area contributed by atoms with Crippen LogP contribution in [0.1, 0.15) is 78.0 Å². The third kappa shape index (κ3) is 4.61. The number of hydrogen-bond acceptors (Lipinski definition) is 2. The van der Waals surface area contributed by atoms with Crippen molar-refractivity contribution in [3.8, 4) is 0 Å². The van der Waals surface area contributed by atoms with E-state index in [2.05, 4.69) is 85.4 Å². The summed E-state index contributed by atoms with van der Waals surface area (Å²) in [5, 5.41) is 0. The smallest absolute Gasteiger partial charge is 0.302 e. The first-order chi connectivity index (χ1) is 12.4. The van der Waals surface area contributed by atoms with Crippen molar-refractivity contribution in [2.24, 2.45) is 5.41 Å². The summed E-state index contributed by atoms with van der Waals surface area (Å²) in [6.07, 6.45) is 4.43. The van der Waals surface area contributed by atoms with Crippen LogP contribution in [-0.4, -0.2) is 12.6 Å². The molecule has 0 N–H and O–H groups in total. The number of carbonyl (C=O) groups is 1. The molecule has 27 heavy (non-hydrogen) atoms. The van der Waals surface area contributed by atoms with Gasteiger partial charge in [0.1, 0.15) is 6.61 Å². The molecule has 0 bridgehead atoms. The van der Waals surface area contributed by atoms with Crippen molar-refractivity contribution in [1.29, 1.82) is 0 Å². The van der Waals surface area contributed by atoms with Crippen molar-refractivity contribution in [2.75, 3.05) is 6.61 Å². The fraction of sp³-hybridized carbons (Fsp3) is 0.480. The molecule has 0 heterocycles. The molecular weight excluding hydrogens is 332 g/mol. The highest BCUT2D eigenvalue weighted by Crippen LogP contribution is 2.47. The fourth-order valence-corrected chi connectivity index (χ4v) is 3.56. The Morgan fingerprint density at radius 3 is 2.30 bits per heavy atom. The Balaban J connectivity index is 2.61. The van der Waals surface area contributed by atoms with Gasteiger partial charge in [0, 0.05) is 12.8 Å². The topological polar surface area (TPSA) is 26.3 Å². The maximum Gasteiger partial charge on any atom is 0.302 e. The summed E-state index contributed by atoms with van der Waals surface area (Å²) in [6.45, 7) is 21.6. The second kappa shape index (κ2) is 7.50. The predicted molar refractivity (Wildman–Crippen MR) is 115 cm³/mol. The van der Waals surface area contributed by atoms with E-state index >= 15 is 0 Å². The molecule has 1 aromatic carbocycles. The van der Waals surface area contributed by atoms with Crippen molar-refractivity contribution in [3.05, 3.63) is 64.8 Å². The van der Waals surface area contributed by atoms with Crippen molar-refractivity contribution in [1.82, 2.24) is 0 Å². The van der Waals surface area contributed by atoms with E-state index in [-0.39, 0.29) is 22.7 Å². The summed E-state index contributed by atoms with van der Waals surface area (Å²) >= 11 is 0. The summed E-state index contributed by atoms with van der Waals surface area (Å²) in [5.41, 5.74) is 7.28. The number of hydrogen-bond donors (Lipinski definition) is 0. The second-order valence-electron chi connectivity index (χ2n) is 9.48. The molecule has 2 rings (SSSR count). The van der Waals surface area contributed by atoms with Crippen molar-refractivity contribution in [2.45, 2.75) is 66.7 Å². The lowest BCUT2D eigenvalue weighted by Gasteiger charge is -2.21. The van der Waals surface area contributed by atoms with Crippen molar-refractivity contribution < 1.29 is 9.53 Å². The van der Waals surface area contributed by atoms with E-state index in [4.69, 9.17) is 4.74 Å². The molecule has 0 saturated carbocycles. The van der Waals surface area contributed by atoms with Gasteiger partial charge in [-0.3, -0.25) is 4.79 Å². The Kier molecular flexibility index (Phi) is 5.89. The number of allylic oxidation sites excluding steroid dienone is 4.